The Balaban J connectivity index is 0.000000472. The summed E-state index contributed by atoms with van der Waals surface area (Å²) in [6, 6.07) is 32.1. The molecule has 0 radical (unpaired) electrons. The van der Waals surface area contributed by atoms with Crippen molar-refractivity contribution in [3.8, 4) is 0 Å². The predicted molar refractivity (Wildman–Crippen MR) is 362 cm³/mol. The van der Waals surface area contributed by atoms with E-state index in [1.165, 1.54) is 294 Å². The molecule has 79 heavy (non-hydrogen) atoms. The van der Waals surface area contributed by atoms with E-state index in [2.05, 4.69) is 76.2 Å². The van der Waals surface area contributed by atoms with Gasteiger partial charge in [0.25, 0.3) is 0 Å². The maximum Gasteiger partial charge on any atom is 0.108 e. The molecule has 0 N–H and O–H groups in total. The fourth-order valence-electron chi connectivity index (χ4n) is 12.7. The average molecular weight is 1160 g/mol. The summed E-state index contributed by atoms with van der Waals surface area (Å²) in [5, 5.41) is 2.78. The summed E-state index contributed by atoms with van der Waals surface area (Å²) < 4.78 is 1.49. The van der Waals surface area contributed by atoms with Crippen LogP contribution in [0.3, 0.4) is 0 Å². The number of hydrogen-bond acceptors (Lipinski definition) is 0. The molecule has 0 aliphatic heterocycles. The lowest BCUT2D eigenvalue weighted by atomic mass is 9.13. The maximum atomic E-state index is 6.22. The van der Waals surface area contributed by atoms with Crippen LogP contribution < -0.4 is 21.9 Å². The third-order valence-electron chi connectivity index (χ3n) is 17.7. The first kappa shape index (κ1) is 71.3. The lowest BCUT2D eigenvalue weighted by Gasteiger charge is -2.44. The van der Waals surface area contributed by atoms with Crippen molar-refractivity contribution in [1.82, 2.24) is 0 Å². The predicted octanol–water partition coefficient (Wildman–Crippen LogP) is 23.6. The normalized spacial score (nSPS) is 11.8. The van der Waals surface area contributed by atoms with E-state index >= 15 is 0 Å². The quantitative estimate of drug-likeness (QED) is 0.0235. The van der Waals surface area contributed by atoms with Gasteiger partial charge < -0.3 is 4.48 Å². The van der Waals surface area contributed by atoms with Gasteiger partial charge in [-0.1, -0.05) is 335 Å². The van der Waals surface area contributed by atoms with Gasteiger partial charge in [0.2, 0.25) is 0 Å². The summed E-state index contributed by atoms with van der Waals surface area (Å²) >= 11 is 24.9. The second-order valence-corrected chi connectivity index (χ2v) is 26.1. The van der Waals surface area contributed by atoms with Crippen LogP contribution in [0.15, 0.2) is 97.1 Å². The SMILES string of the molecule is CCCCCCCCCCCCC[N+](CCCCCCCCCCCC)(CCCCCCCCCCCC)CCCCCCCCCCCC.Clc1ccc([B-](c2ccc(Cl)cc2)(c2ccc(Cl)cc2)c2ccc(Cl)cc2)cc1. The van der Waals surface area contributed by atoms with Crippen LogP contribution in [0.2, 0.25) is 20.1 Å². The molecule has 446 valence electrons. The van der Waals surface area contributed by atoms with Gasteiger partial charge >= 0.3 is 0 Å². The summed E-state index contributed by atoms with van der Waals surface area (Å²) in [7, 11) is 0. The van der Waals surface area contributed by atoms with E-state index in [1.54, 1.807) is 0 Å². The van der Waals surface area contributed by atoms with Gasteiger partial charge in [0, 0.05) is 20.1 Å². The molecule has 0 unspecified atom stereocenters. The molecule has 0 aromatic heterocycles. The molecular weight excluding hydrogens is 1040 g/mol. The van der Waals surface area contributed by atoms with Crippen molar-refractivity contribution < 1.29 is 4.48 Å². The van der Waals surface area contributed by atoms with Crippen molar-refractivity contribution >= 4 is 74.4 Å². The van der Waals surface area contributed by atoms with Gasteiger partial charge in [0.1, 0.15) is 6.15 Å². The van der Waals surface area contributed by atoms with E-state index in [4.69, 9.17) is 46.4 Å². The van der Waals surface area contributed by atoms with Crippen molar-refractivity contribution in [3.05, 3.63) is 117 Å². The van der Waals surface area contributed by atoms with Gasteiger partial charge in [-0.3, -0.25) is 0 Å². The second kappa shape index (κ2) is 47.4. The molecule has 0 saturated heterocycles. The van der Waals surface area contributed by atoms with Crippen LogP contribution in [0.1, 0.15) is 291 Å². The van der Waals surface area contributed by atoms with Crippen LogP contribution in [-0.4, -0.2) is 36.8 Å². The van der Waals surface area contributed by atoms with E-state index in [0.717, 1.165) is 21.9 Å². The highest BCUT2D eigenvalue weighted by molar-refractivity contribution is 7.19. The van der Waals surface area contributed by atoms with Crippen LogP contribution >= 0.6 is 46.4 Å². The standard InChI is InChI=1S/C49H102N.C24H16BCl4/c1-5-9-13-17-21-25-29-33-37-41-45-49-50(46-42-38-34-30-26-22-18-14-10-6-2,47-43-39-35-31-27-23-19-15-11-7-3)48-44-40-36-32-28-24-20-16-12-8-4;26-21-9-1-17(2-10-21)25(18-3-11-22(27)12-4-18,19-5-13-23(28)14-6-19)20-7-15-24(29)16-8-20/h5-49H2,1-4H3;1-16H/q+1;-1. The molecule has 4 aromatic rings. The number of rotatable bonds is 49. The molecule has 0 aliphatic rings. The minimum atomic E-state index is -1.51. The molecule has 4 aromatic carbocycles. The molecule has 0 spiro atoms. The van der Waals surface area contributed by atoms with Crippen LogP contribution in [-0.2, 0) is 0 Å². The molecule has 0 aliphatic carbocycles. The molecule has 0 bridgehead atoms. The monoisotopic (exact) mass is 1160 g/mol. The number of hydrogen-bond donors (Lipinski definition) is 0. The highest BCUT2D eigenvalue weighted by Gasteiger charge is 2.32. The van der Waals surface area contributed by atoms with Gasteiger partial charge in [-0.25, -0.2) is 0 Å². The van der Waals surface area contributed by atoms with E-state index in [0.29, 0.717) is 20.1 Å². The molecule has 1 nitrogen and oxygen atoms in total. The molecule has 6 heteroatoms. The Morgan fingerprint density at radius 2 is 0.354 bits per heavy atom. The molecule has 0 heterocycles. The van der Waals surface area contributed by atoms with Crippen LogP contribution in [0.25, 0.3) is 0 Å². The Morgan fingerprint density at radius 3 is 0.506 bits per heavy atom. The molecule has 0 atom stereocenters. The second-order valence-electron chi connectivity index (χ2n) is 24.4. The first-order chi connectivity index (χ1) is 38.7. The van der Waals surface area contributed by atoms with E-state index in [9.17, 15) is 0 Å². The van der Waals surface area contributed by atoms with Crippen molar-refractivity contribution in [2.75, 3.05) is 26.2 Å². The zero-order valence-corrected chi connectivity index (χ0v) is 54.6. The van der Waals surface area contributed by atoms with E-state index in [-0.39, 0.29) is 0 Å². The molecule has 0 amide bonds. The zero-order valence-electron chi connectivity index (χ0n) is 51.6. The van der Waals surface area contributed by atoms with Crippen LogP contribution in [0.4, 0.5) is 0 Å². The summed E-state index contributed by atoms with van der Waals surface area (Å²) in [6.07, 6.45) is 58.7. The summed E-state index contributed by atoms with van der Waals surface area (Å²) in [6.45, 7) is 15.3. The van der Waals surface area contributed by atoms with Gasteiger partial charge in [-0.15, -0.1) is 0 Å². The summed E-state index contributed by atoms with van der Waals surface area (Å²) in [5.74, 6) is 0. The summed E-state index contributed by atoms with van der Waals surface area (Å²) in [4.78, 5) is 0. The van der Waals surface area contributed by atoms with Crippen molar-refractivity contribution in [2.45, 2.75) is 291 Å². The zero-order chi connectivity index (χ0) is 56.8. The van der Waals surface area contributed by atoms with Crippen molar-refractivity contribution in [3.63, 3.8) is 0 Å². The van der Waals surface area contributed by atoms with Gasteiger partial charge in [0.05, 0.1) is 26.2 Å². The van der Waals surface area contributed by atoms with Gasteiger partial charge in [-0.05, 0) is 99.9 Å². The van der Waals surface area contributed by atoms with Crippen molar-refractivity contribution in [1.29, 1.82) is 0 Å². The summed E-state index contributed by atoms with van der Waals surface area (Å²) in [5.41, 5.74) is 4.56. The minimum Gasteiger partial charge on any atom is -0.324 e. The highest BCUT2D eigenvalue weighted by atomic mass is 35.5. The number of unbranched alkanes of at least 4 members (excludes halogenated alkanes) is 37. The van der Waals surface area contributed by atoms with Gasteiger partial charge in [-0.2, -0.15) is 21.9 Å². The lowest BCUT2D eigenvalue weighted by Crippen LogP contribution is -2.74. The van der Waals surface area contributed by atoms with Crippen LogP contribution in [0.5, 0.6) is 0 Å². The highest BCUT2D eigenvalue weighted by Crippen LogP contribution is 2.23. The Kier molecular flexibility index (Phi) is 42.8. The first-order valence-electron chi connectivity index (χ1n) is 33.8. The third kappa shape index (κ3) is 31.5. The van der Waals surface area contributed by atoms with E-state index in [1.807, 2.05) is 48.5 Å². The number of benzene rings is 4. The third-order valence-corrected chi connectivity index (χ3v) is 18.7. The topological polar surface area (TPSA) is 0 Å². The Hall–Kier alpha value is -1.94. The fraction of sp³-hybridized carbons (Fsp3) is 0.671. The average Bonchev–Trinajstić information content (AvgIpc) is 3.57. The number of nitrogens with zero attached hydrogens (tertiary/aromatic N) is 1. The maximum absolute atomic E-state index is 6.22. The Morgan fingerprint density at radius 1 is 0.215 bits per heavy atom. The van der Waals surface area contributed by atoms with Crippen molar-refractivity contribution in [2.24, 2.45) is 0 Å². The fourth-order valence-corrected chi connectivity index (χ4v) is 13.3. The number of quaternary nitrogens is 1. The molecule has 4 rings (SSSR count). The Labute approximate surface area is 509 Å². The lowest BCUT2D eigenvalue weighted by molar-refractivity contribution is -0.929. The molecular formula is C73H118BCl4N. The number of halogens is 4. The Bertz CT molecular complexity index is 1720. The molecule has 0 fully saturated rings. The largest absolute Gasteiger partial charge is 0.324 e. The van der Waals surface area contributed by atoms with E-state index < -0.39 is 6.15 Å². The molecule has 0 saturated carbocycles. The first-order valence-corrected chi connectivity index (χ1v) is 35.3. The van der Waals surface area contributed by atoms with Crippen LogP contribution in [0, 0.1) is 0 Å². The minimum absolute atomic E-state index is 0.696. The van der Waals surface area contributed by atoms with Gasteiger partial charge in [0.15, 0.2) is 0 Å². The smallest absolute Gasteiger partial charge is 0.108 e.